The van der Waals surface area contributed by atoms with Gasteiger partial charge in [0.15, 0.2) is 11.5 Å². The lowest BCUT2D eigenvalue weighted by Gasteiger charge is -2.09. The molecule has 0 radical (unpaired) electrons. The van der Waals surface area contributed by atoms with E-state index in [1.165, 1.54) is 4.90 Å². The van der Waals surface area contributed by atoms with Crippen LogP contribution in [0.25, 0.3) is 5.82 Å². The van der Waals surface area contributed by atoms with E-state index in [1.807, 2.05) is 12.1 Å². The second-order valence-corrected chi connectivity index (χ2v) is 4.61. The van der Waals surface area contributed by atoms with Crippen LogP contribution in [0.5, 0.6) is 0 Å². The van der Waals surface area contributed by atoms with Crippen molar-refractivity contribution >= 4 is 5.91 Å². The van der Waals surface area contributed by atoms with Gasteiger partial charge >= 0.3 is 0 Å². The summed E-state index contributed by atoms with van der Waals surface area (Å²) < 4.78 is 1.64. The van der Waals surface area contributed by atoms with Crippen molar-refractivity contribution in [3.8, 4) is 5.82 Å². The smallest absolute Gasteiger partial charge is 0.273 e. The monoisotopic (exact) mass is 273 g/mol. The lowest BCUT2D eigenvalue weighted by Crippen LogP contribution is -2.22. The summed E-state index contributed by atoms with van der Waals surface area (Å²) in [6.45, 7) is 3.66. The minimum Gasteiger partial charge on any atom is -0.343 e. The van der Waals surface area contributed by atoms with Gasteiger partial charge in [-0.3, -0.25) is 4.79 Å². The van der Waals surface area contributed by atoms with Gasteiger partial charge in [0.05, 0.1) is 0 Å². The molecule has 2 heterocycles. The van der Waals surface area contributed by atoms with Crippen LogP contribution in [0.3, 0.4) is 0 Å². The molecule has 1 N–H and O–H groups in total. The summed E-state index contributed by atoms with van der Waals surface area (Å²) in [5.74, 6) is 0.624. The van der Waals surface area contributed by atoms with Crippen molar-refractivity contribution in [1.29, 1.82) is 0 Å². The molecule has 2 rings (SSSR count). The second kappa shape index (κ2) is 6.29. The Morgan fingerprint density at radius 1 is 1.40 bits per heavy atom. The van der Waals surface area contributed by atoms with E-state index in [0.29, 0.717) is 5.69 Å². The SMILES string of the molecule is CCNCc1cccnc1-n1ccc(C(=O)N(C)C)n1. The molecule has 0 unspecified atom stereocenters. The van der Waals surface area contributed by atoms with E-state index in [4.69, 9.17) is 0 Å². The first-order valence-electron chi connectivity index (χ1n) is 6.55. The Morgan fingerprint density at radius 2 is 2.20 bits per heavy atom. The van der Waals surface area contributed by atoms with Crippen LogP contribution in [0.1, 0.15) is 23.0 Å². The highest BCUT2D eigenvalue weighted by molar-refractivity contribution is 5.91. The first-order valence-corrected chi connectivity index (χ1v) is 6.55. The van der Waals surface area contributed by atoms with Gasteiger partial charge in [-0.25, -0.2) is 9.67 Å². The first kappa shape index (κ1) is 14.2. The van der Waals surface area contributed by atoms with Gasteiger partial charge in [0.1, 0.15) is 0 Å². The molecule has 106 valence electrons. The molecule has 20 heavy (non-hydrogen) atoms. The molecule has 0 saturated heterocycles. The van der Waals surface area contributed by atoms with Gasteiger partial charge in [-0.1, -0.05) is 13.0 Å². The molecule has 0 fully saturated rings. The Balaban J connectivity index is 2.30. The van der Waals surface area contributed by atoms with E-state index in [1.54, 1.807) is 37.2 Å². The molecule has 1 amide bonds. The highest BCUT2D eigenvalue weighted by Crippen LogP contribution is 2.11. The summed E-state index contributed by atoms with van der Waals surface area (Å²) in [6, 6.07) is 5.60. The lowest BCUT2D eigenvalue weighted by atomic mass is 10.2. The maximum absolute atomic E-state index is 11.9. The van der Waals surface area contributed by atoms with Crippen molar-refractivity contribution in [2.45, 2.75) is 13.5 Å². The number of nitrogens with one attached hydrogen (secondary N) is 1. The molecule has 0 aliphatic heterocycles. The van der Waals surface area contributed by atoms with Gasteiger partial charge in [0, 0.05) is 38.6 Å². The second-order valence-electron chi connectivity index (χ2n) is 4.61. The van der Waals surface area contributed by atoms with Crippen LogP contribution >= 0.6 is 0 Å². The zero-order valence-electron chi connectivity index (χ0n) is 12.0. The Kier molecular flexibility index (Phi) is 4.47. The number of amides is 1. The van der Waals surface area contributed by atoms with Crippen molar-refractivity contribution < 1.29 is 4.79 Å². The van der Waals surface area contributed by atoms with Crippen molar-refractivity contribution in [3.63, 3.8) is 0 Å². The molecular formula is C14H19N5O. The fourth-order valence-corrected chi connectivity index (χ4v) is 1.82. The van der Waals surface area contributed by atoms with Gasteiger partial charge in [0.25, 0.3) is 5.91 Å². The molecule has 0 bridgehead atoms. The molecular weight excluding hydrogens is 254 g/mol. The van der Waals surface area contributed by atoms with E-state index < -0.39 is 0 Å². The van der Waals surface area contributed by atoms with Crippen LogP contribution in [-0.4, -0.2) is 46.2 Å². The summed E-state index contributed by atoms with van der Waals surface area (Å²) in [7, 11) is 3.41. The molecule has 0 saturated carbocycles. The van der Waals surface area contributed by atoms with Gasteiger partial charge in [-0.05, 0) is 18.7 Å². The third-order valence-corrected chi connectivity index (χ3v) is 2.86. The fourth-order valence-electron chi connectivity index (χ4n) is 1.82. The van der Waals surface area contributed by atoms with E-state index in [0.717, 1.165) is 24.5 Å². The van der Waals surface area contributed by atoms with E-state index in [2.05, 4.69) is 22.3 Å². The molecule has 0 atom stereocenters. The van der Waals surface area contributed by atoms with E-state index >= 15 is 0 Å². The van der Waals surface area contributed by atoms with Gasteiger partial charge in [-0.15, -0.1) is 0 Å². The Labute approximate surface area is 118 Å². The highest BCUT2D eigenvalue weighted by atomic mass is 16.2. The Morgan fingerprint density at radius 3 is 2.90 bits per heavy atom. The zero-order valence-corrected chi connectivity index (χ0v) is 12.0. The average Bonchev–Trinajstić information content (AvgIpc) is 2.94. The van der Waals surface area contributed by atoms with Gasteiger partial charge in [-0.2, -0.15) is 5.10 Å². The first-order chi connectivity index (χ1) is 9.63. The number of aromatic nitrogens is 3. The number of hydrogen-bond donors (Lipinski definition) is 1. The molecule has 6 nitrogen and oxygen atoms in total. The topological polar surface area (TPSA) is 63.1 Å². The number of pyridine rings is 1. The average molecular weight is 273 g/mol. The number of nitrogens with zero attached hydrogens (tertiary/aromatic N) is 4. The van der Waals surface area contributed by atoms with Gasteiger partial charge in [0.2, 0.25) is 0 Å². The summed E-state index contributed by atoms with van der Waals surface area (Å²) in [4.78, 5) is 17.7. The van der Waals surface area contributed by atoms with Crippen LogP contribution in [-0.2, 0) is 6.54 Å². The third-order valence-electron chi connectivity index (χ3n) is 2.86. The quantitative estimate of drug-likeness (QED) is 0.885. The molecule has 0 aliphatic rings. The third kappa shape index (κ3) is 3.03. The highest BCUT2D eigenvalue weighted by Gasteiger charge is 2.13. The number of carbonyl (C=O) groups excluding carboxylic acids is 1. The van der Waals surface area contributed by atoms with Crippen LogP contribution in [0.2, 0.25) is 0 Å². The predicted molar refractivity (Wildman–Crippen MR) is 76.8 cm³/mol. The summed E-state index contributed by atoms with van der Waals surface area (Å²) in [5, 5.41) is 7.57. The van der Waals surface area contributed by atoms with Crippen molar-refractivity contribution in [3.05, 3.63) is 41.9 Å². The molecule has 0 aromatic carbocycles. The predicted octanol–water partition coefficient (Wildman–Crippen LogP) is 1.08. The van der Waals surface area contributed by atoms with Crippen LogP contribution < -0.4 is 5.32 Å². The summed E-state index contributed by atoms with van der Waals surface area (Å²) in [6.07, 6.45) is 3.48. The molecule has 2 aromatic rings. The molecule has 0 spiro atoms. The minimum absolute atomic E-state index is 0.118. The lowest BCUT2D eigenvalue weighted by molar-refractivity contribution is 0.0821. The standard InChI is InChI=1S/C14H19N5O/c1-4-15-10-11-6-5-8-16-13(11)19-9-7-12(17-19)14(20)18(2)3/h5-9,15H,4,10H2,1-3H3. The van der Waals surface area contributed by atoms with Crippen molar-refractivity contribution in [2.75, 3.05) is 20.6 Å². The van der Waals surface area contributed by atoms with E-state index in [9.17, 15) is 4.79 Å². The van der Waals surface area contributed by atoms with Crippen LogP contribution in [0, 0.1) is 0 Å². The number of rotatable bonds is 5. The van der Waals surface area contributed by atoms with Crippen LogP contribution in [0.4, 0.5) is 0 Å². The Bertz CT molecular complexity index is 591. The Hall–Kier alpha value is -2.21. The van der Waals surface area contributed by atoms with Crippen molar-refractivity contribution in [2.24, 2.45) is 0 Å². The maximum Gasteiger partial charge on any atom is 0.273 e. The van der Waals surface area contributed by atoms with Gasteiger partial charge < -0.3 is 10.2 Å². The number of hydrogen-bond acceptors (Lipinski definition) is 4. The number of carbonyl (C=O) groups is 1. The fraction of sp³-hybridized carbons (Fsp3) is 0.357. The van der Waals surface area contributed by atoms with E-state index in [-0.39, 0.29) is 5.91 Å². The van der Waals surface area contributed by atoms with Crippen LogP contribution in [0.15, 0.2) is 30.6 Å². The molecule has 6 heteroatoms. The van der Waals surface area contributed by atoms with Crippen molar-refractivity contribution in [1.82, 2.24) is 25.0 Å². The molecule has 2 aromatic heterocycles. The minimum atomic E-state index is -0.118. The maximum atomic E-state index is 11.9. The molecule has 0 aliphatic carbocycles. The largest absolute Gasteiger partial charge is 0.343 e. The normalized spacial score (nSPS) is 10.6. The summed E-state index contributed by atoms with van der Waals surface area (Å²) >= 11 is 0. The zero-order chi connectivity index (χ0) is 14.5. The summed E-state index contributed by atoms with van der Waals surface area (Å²) in [5.41, 5.74) is 1.45.